The van der Waals surface area contributed by atoms with Gasteiger partial charge in [0.2, 0.25) is 11.9 Å². The smallest absolute Gasteiger partial charge is 0.223 e. The fourth-order valence-corrected chi connectivity index (χ4v) is 3.47. The van der Waals surface area contributed by atoms with Crippen LogP contribution < -0.4 is 10.6 Å². The molecule has 2 N–H and O–H groups in total. The zero-order valence-electron chi connectivity index (χ0n) is 14.4. The Morgan fingerprint density at radius 2 is 2.08 bits per heavy atom. The molecular formula is C18H23ClFN3O. The predicted molar refractivity (Wildman–Crippen MR) is 95.5 cm³/mol. The summed E-state index contributed by atoms with van der Waals surface area (Å²) < 4.78 is 13.4. The minimum Gasteiger partial charge on any atom is -0.330 e. The average molecular weight is 352 g/mol. The highest BCUT2D eigenvalue weighted by molar-refractivity contribution is 6.30. The first-order valence-corrected chi connectivity index (χ1v) is 8.29. The lowest BCUT2D eigenvalue weighted by Crippen LogP contribution is -2.40. The molecule has 1 fully saturated rings. The van der Waals surface area contributed by atoms with Crippen LogP contribution in [0.1, 0.15) is 39.2 Å². The molecule has 6 heteroatoms. The van der Waals surface area contributed by atoms with E-state index < -0.39 is 5.82 Å². The van der Waals surface area contributed by atoms with Gasteiger partial charge in [0.1, 0.15) is 5.82 Å². The van der Waals surface area contributed by atoms with Gasteiger partial charge in [-0.3, -0.25) is 15.1 Å². The van der Waals surface area contributed by atoms with E-state index in [1.54, 1.807) is 12.1 Å². The molecule has 0 spiro atoms. The number of hydrogen-bond acceptors (Lipinski definition) is 2. The number of allylic oxidation sites excluding steroid dienone is 1. The number of aliphatic imine (C=N–C) groups is 1. The second-order valence-corrected chi connectivity index (χ2v) is 7.01. The van der Waals surface area contributed by atoms with Gasteiger partial charge in [-0.1, -0.05) is 38.1 Å². The lowest BCUT2D eigenvalue weighted by molar-refractivity contribution is -0.117. The van der Waals surface area contributed by atoms with Crippen LogP contribution in [-0.2, 0) is 4.79 Å². The molecule has 0 radical (unpaired) electrons. The first-order chi connectivity index (χ1) is 11.2. The van der Waals surface area contributed by atoms with Crippen LogP contribution in [0.2, 0.25) is 5.02 Å². The van der Waals surface area contributed by atoms with Crippen molar-refractivity contribution in [3.8, 4) is 0 Å². The number of hydrogen-bond donors (Lipinski definition) is 2. The topological polar surface area (TPSA) is 53.5 Å². The van der Waals surface area contributed by atoms with Gasteiger partial charge >= 0.3 is 0 Å². The van der Waals surface area contributed by atoms with E-state index in [1.807, 2.05) is 6.92 Å². The molecule has 1 aliphatic rings. The van der Waals surface area contributed by atoms with E-state index in [2.05, 4.69) is 36.1 Å². The van der Waals surface area contributed by atoms with Gasteiger partial charge in [0.05, 0.1) is 5.02 Å². The van der Waals surface area contributed by atoms with E-state index in [0.29, 0.717) is 12.5 Å². The van der Waals surface area contributed by atoms with Crippen LogP contribution in [0.25, 0.3) is 0 Å². The van der Waals surface area contributed by atoms with Crippen molar-refractivity contribution in [2.24, 2.45) is 16.3 Å². The van der Waals surface area contributed by atoms with Crippen molar-refractivity contribution in [1.82, 2.24) is 10.6 Å². The Hall–Kier alpha value is -1.88. The van der Waals surface area contributed by atoms with Gasteiger partial charge in [-0.05, 0) is 36.0 Å². The fraction of sp³-hybridized carbons (Fsp3) is 0.444. The van der Waals surface area contributed by atoms with Gasteiger partial charge < -0.3 is 5.32 Å². The first-order valence-electron chi connectivity index (χ1n) is 7.91. The van der Waals surface area contributed by atoms with E-state index in [0.717, 1.165) is 11.3 Å². The van der Waals surface area contributed by atoms with E-state index >= 15 is 0 Å². The Bertz CT molecular complexity index is 700. The number of nitrogens with one attached hydrogen (secondary N) is 2. The molecule has 1 aliphatic carbocycles. The third-order valence-corrected chi connectivity index (χ3v) is 4.68. The maximum absolute atomic E-state index is 13.4. The van der Waals surface area contributed by atoms with E-state index in [9.17, 15) is 9.18 Å². The monoisotopic (exact) mass is 351 g/mol. The molecule has 1 saturated carbocycles. The van der Waals surface area contributed by atoms with Crippen LogP contribution in [0, 0.1) is 17.2 Å². The van der Waals surface area contributed by atoms with Crippen molar-refractivity contribution in [1.29, 1.82) is 0 Å². The molecule has 4 nitrogen and oxygen atoms in total. The number of amides is 1. The van der Waals surface area contributed by atoms with Crippen molar-refractivity contribution in [2.75, 3.05) is 6.54 Å². The standard InChI is InChI=1S/C18H23ClFN3O/c1-6-21-17(23-11(3)24)22-10(2)15-16(18(15,4)5)12-7-8-14(20)13(19)9-12/h7-9,15-16H,2,6H2,1,3-5H3,(H2,21,22,23,24)/t15-,16-/m0/s1. The second-order valence-electron chi connectivity index (χ2n) is 6.60. The Morgan fingerprint density at radius 3 is 2.62 bits per heavy atom. The normalized spacial score (nSPS) is 22.0. The highest BCUT2D eigenvalue weighted by Gasteiger charge is 2.59. The number of nitrogens with zero attached hydrogens (tertiary/aromatic N) is 1. The van der Waals surface area contributed by atoms with Crippen molar-refractivity contribution in [3.63, 3.8) is 0 Å². The second kappa shape index (κ2) is 6.93. The molecule has 0 saturated heterocycles. The Balaban J connectivity index is 2.16. The Morgan fingerprint density at radius 1 is 1.42 bits per heavy atom. The molecule has 0 aliphatic heterocycles. The van der Waals surface area contributed by atoms with Gasteiger partial charge in [-0.2, -0.15) is 0 Å². The summed E-state index contributed by atoms with van der Waals surface area (Å²) in [5.41, 5.74) is 1.71. The summed E-state index contributed by atoms with van der Waals surface area (Å²) in [6.07, 6.45) is 0. The summed E-state index contributed by atoms with van der Waals surface area (Å²) >= 11 is 5.91. The van der Waals surface area contributed by atoms with Crippen molar-refractivity contribution < 1.29 is 9.18 Å². The van der Waals surface area contributed by atoms with E-state index in [4.69, 9.17) is 11.6 Å². The first kappa shape index (κ1) is 18.5. The third-order valence-electron chi connectivity index (χ3n) is 4.40. The van der Waals surface area contributed by atoms with Crippen LogP contribution in [0.5, 0.6) is 0 Å². The highest BCUT2D eigenvalue weighted by Crippen LogP contribution is 2.66. The Labute approximate surface area is 147 Å². The zero-order valence-corrected chi connectivity index (χ0v) is 15.2. The van der Waals surface area contributed by atoms with Gasteiger partial charge in [0.25, 0.3) is 0 Å². The summed E-state index contributed by atoms with van der Waals surface area (Å²) in [6.45, 7) is 12.2. The SMILES string of the molecule is C=C(NC(=NCC)NC(C)=O)[C@H]1[C@H](c2ccc(F)c(Cl)c2)C1(C)C. The highest BCUT2D eigenvalue weighted by atomic mass is 35.5. The summed E-state index contributed by atoms with van der Waals surface area (Å²) in [4.78, 5) is 15.5. The molecule has 1 amide bonds. The molecule has 0 aromatic heterocycles. The van der Waals surface area contributed by atoms with Gasteiger partial charge in [0, 0.05) is 25.1 Å². The van der Waals surface area contributed by atoms with Crippen LogP contribution in [-0.4, -0.2) is 18.4 Å². The molecular weight excluding hydrogens is 329 g/mol. The lowest BCUT2D eigenvalue weighted by Gasteiger charge is -2.13. The van der Waals surface area contributed by atoms with Crippen LogP contribution >= 0.6 is 11.6 Å². The van der Waals surface area contributed by atoms with Crippen molar-refractivity contribution in [3.05, 3.63) is 46.9 Å². The van der Waals surface area contributed by atoms with Gasteiger partial charge in [-0.15, -0.1) is 0 Å². The van der Waals surface area contributed by atoms with Crippen LogP contribution in [0.3, 0.4) is 0 Å². The maximum atomic E-state index is 13.4. The molecule has 1 aromatic rings. The molecule has 130 valence electrons. The van der Waals surface area contributed by atoms with Crippen molar-refractivity contribution in [2.45, 2.75) is 33.6 Å². The molecule has 0 heterocycles. The fourth-order valence-electron chi connectivity index (χ4n) is 3.28. The lowest BCUT2D eigenvalue weighted by atomic mass is 10.0. The molecule has 0 unspecified atom stereocenters. The summed E-state index contributed by atoms with van der Waals surface area (Å²) in [5.74, 6) is 0.0917. The van der Waals surface area contributed by atoms with Crippen LogP contribution in [0.4, 0.5) is 4.39 Å². The number of rotatable bonds is 4. The number of carbonyl (C=O) groups excluding carboxylic acids is 1. The number of halogens is 2. The van der Waals surface area contributed by atoms with Crippen molar-refractivity contribution >= 4 is 23.5 Å². The minimum absolute atomic E-state index is 0.0429. The number of carbonyl (C=O) groups is 1. The molecule has 0 bridgehead atoms. The predicted octanol–water partition coefficient (Wildman–Crippen LogP) is 3.83. The number of guanidine groups is 1. The van der Waals surface area contributed by atoms with Gasteiger partial charge in [0.15, 0.2) is 0 Å². The Kier molecular flexibility index (Phi) is 5.33. The molecule has 2 rings (SSSR count). The minimum atomic E-state index is -0.421. The largest absolute Gasteiger partial charge is 0.330 e. The van der Waals surface area contributed by atoms with E-state index in [1.165, 1.54) is 13.0 Å². The van der Waals surface area contributed by atoms with Crippen LogP contribution in [0.15, 0.2) is 35.5 Å². The zero-order chi connectivity index (χ0) is 18.1. The third kappa shape index (κ3) is 3.78. The molecule has 2 atom stereocenters. The number of benzene rings is 1. The molecule has 24 heavy (non-hydrogen) atoms. The average Bonchev–Trinajstić information content (AvgIpc) is 3.04. The summed E-state index contributed by atoms with van der Waals surface area (Å²) in [5, 5.41) is 5.89. The van der Waals surface area contributed by atoms with Gasteiger partial charge in [-0.25, -0.2) is 4.39 Å². The quantitative estimate of drug-likeness (QED) is 0.639. The summed E-state index contributed by atoms with van der Waals surface area (Å²) in [6, 6.07) is 4.82. The maximum Gasteiger partial charge on any atom is 0.223 e. The van der Waals surface area contributed by atoms with E-state index in [-0.39, 0.29) is 28.2 Å². The summed E-state index contributed by atoms with van der Waals surface area (Å²) in [7, 11) is 0. The molecule has 1 aromatic carbocycles.